The molecule has 0 atom stereocenters. The SMILES string of the molecule is CCCCCCCCCCCCCCCCc1ccc(C(=O)S)cc1. The number of carbonyl (C=O) groups excluding carboxylic acids is 1. The number of rotatable bonds is 16. The molecule has 1 nitrogen and oxygen atoms in total. The molecular formula is C23H38OS. The van der Waals surface area contributed by atoms with E-state index in [4.69, 9.17) is 0 Å². The summed E-state index contributed by atoms with van der Waals surface area (Å²) in [5, 5.41) is -0.150. The largest absolute Gasteiger partial charge is 0.282 e. The predicted octanol–water partition coefficient (Wildman–Crippen LogP) is 7.78. The van der Waals surface area contributed by atoms with Crippen molar-refractivity contribution in [3.8, 4) is 0 Å². The fraction of sp³-hybridized carbons (Fsp3) is 0.696. The second-order valence-corrected chi connectivity index (χ2v) is 7.75. The number of carbonyl (C=O) groups is 1. The molecule has 0 spiro atoms. The zero-order chi connectivity index (χ0) is 18.2. The standard InChI is InChI=1S/C23H38OS/c1-2-3-4-5-6-7-8-9-10-11-12-13-14-15-16-21-17-19-22(20-18-21)23(24)25/h17-20H,2-16H2,1H3,(H,24,25). The molecule has 0 saturated carbocycles. The lowest BCUT2D eigenvalue weighted by atomic mass is 10.0. The van der Waals surface area contributed by atoms with Gasteiger partial charge < -0.3 is 0 Å². The Kier molecular flexibility index (Phi) is 13.8. The number of hydrogen-bond donors (Lipinski definition) is 1. The maximum atomic E-state index is 11.1. The van der Waals surface area contributed by atoms with Gasteiger partial charge in [0.15, 0.2) is 0 Å². The van der Waals surface area contributed by atoms with Crippen LogP contribution in [0.2, 0.25) is 0 Å². The van der Waals surface area contributed by atoms with Gasteiger partial charge in [-0.3, -0.25) is 4.79 Å². The third-order valence-electron chi connectivity index (χ3n) is 5.02. The number of unbranched alkanes of at least 4 members (excludes halogenated alkanes) is 13. The van der Waals surface area contributed by atoms with Gasteiger partial charge in [-0.15, -0.1) is 12.6 Å². The van der Waals surface area contributed by atoms with E-state index in [1.54, 1.807) is 0 Å². The number of aryl methyl sites for hydroxylation is 1. The van der Waals surface area contributed by atoms with Gasteiger partial charge in [0.1, 0.15) is 0 Å². The first-order valence-corrected chi connectivity index (χ1v) is 11.0. The Hall–Kier alpha value is -0.760. The lowest BCUT2D eigenvalue weighted by Crippen LogP contribution is -1.91. The predicted molar refractivity (Wildman–Crippen MR) is 114 cm³/mol. The summed E-state index contributed by atoms with van der Waals surface area (Å²) in [4.78, 5) is 11.1. The lowest BCUT2D eigenvalue weighted by Gasteiger charge is -2.04. The van der Waals surface area contributed by atoms with Crippen LogP contribution < -0.4 is 0 Å². The van der Waals surface area contributed by atoms with Gasteiger partial charge in [-0.1, -0.05) is 115 Å². The van der Waals surface area contributed by atoms with E-state index < -0.39 is 0 Å². The molecule has 142 valence electrons. The molecule has 0 heterocycles. The molecule has 0 aliphatic carbocycles. The van der Waals surface area contributed by atoms with E-state index in [0.29, 0.717) is 5.56 Å². The van der Waals surface area contributed by atoms with E-state index in [1.165, 1.54) is 95.5 Å². The fourth-order valence-corrected chi connectivity index (χ4v) is 3.49. The monoisotopic (exact) mass is 362 g/mol. The van der Waals surface area contributed by atoms with Crippen LogP contribution in [0, 0.1) is 0 Å². The van der Waals surface area contributed by atoms with Crippen LogP contribution in [0.3, 0.4) is 0 Å². The molecule has 1 aromatic carbocycles. The zero-order valence-corrected chi connectivity index (χ0v) is 17.2. The Morgan fingerprint density at radius 2 is 1.08 bits per heavy atom. The molecule has 0 aliphatic heterocycles. The summed E-state index contributed by atoms with van der Waals surface area (Å²) in [5.74, 6) is 0. The molecule has 0 aromatic heterocycles. The Labute approximate surface area is 161 Å². The van der Waals surface area contributed by atoms with Crippen LogP contribution in [0.1, 0.15) is 113 Å². The first-order valence-electron chi connectivity index (χ1n) is 10.6. The number of thiol groups is 1. The van der Waals surface area contributed by atoms with Gasteiger partial charge in [0, 0.05) is 5.56 Å². The molecule has 0 bridgehead atoms. The minimum atomic E-state index is -0.150. The quantitative estimate of drug-likeness (QED) is 0.235. The van der Waals surface area contributed by atoms with Crippen LogP contribution >= 0.6 is 12.6 Å². The maximum Gasteiger partial charge on any atom is 0.216 e. The Bertz CT molecular complexity index is 438. The van der Waals surface area contributed by atoms with E-state index in [1.807, 2.05) is 12.1 Å². The summed E-state index contributed by atoms with van der Waals surface area (Å²) >= 11 is 3.84. The van der Waals surface area contributed by atoms with Gasteiger partial charge >= 0.3 is 0 Å². The van der Waals surface area contributed by atoms with Crippen LogP contribution in [0.4, 0.5) is 0 Å². The summed E-state index contributed by atoms with van der Waals surface area (Å²) in [7, 11) is 0. The molecular weight excluding hydrogens is 324 g/mol. The van der Waals surface area contributed by atoms with E-state index in [2.05, 4.69) is 31.7 Å². The minimum absolute atomic E-state index is 0.150. The van der Waals surface area contributed by atoms with Crippen LogP contribution in [0.5, 0.6) is 0 Å². The van der Waals surface area contributed by atoms with Gasteiger partial charge in [-0.2, -0.15) is 0 Å². The Balaban J connectivity index is 1.85. The summed E-state index contributed by atoms with van der Waals surface area (Å²) in [6.45, 7) is 2.28. The van der Waals surface area contributed by atoms with Crippen molar-refractivity contribution in [3.63, 3.8) is 0 Å². The van der Waals surface area contributed by atoms with Crippen molar-refractivity contribution in [1.29, 1.82) is 0 Å². The molecule has 0 amide bonds. The molecule has 0 radical (unpaired) electrons. The smallest absolute Gasteiger partial charge is 0.216 e. The van der Waals surface area contributed by atoms with Crippen LogP contribution in [-0.4, -0.2) is 5.12 Å². The van der Waals surface area contributed by atoms with E-state index in [0.717, 1.165) is 6.42 Å². The summed E-state index contributed by atoms with van der Waals surface area (Å²) < 4.78 is 0. The van der Waals surface area contributed by atoms with Crippen molar-refractivity contribution in [1.82, 2.24) is 0 Å². The second-order valence-electron chi connectivity index (χ2n) is 7.35. The van der Waals surface area contributed by atoms with E-state index in [-0.39, 0.29) is 5.12 Å². The van der Waals surface area contributed by atoms with Crippen LogP contribution in [0.15, 0.2) is 24.3 Å². The number of hydrogen-bond acceptors (Lipinski definition) is 1. The highest BCUT2D eigenvalue weighted by Crippen LogP contribution is 2.14. The van der Waals surface area contributed by atoms with Crippen molar-refractivity contribution >= 4 is 17.7 Å². The highest BCUT2D eigenvalue weighted by Gasteiger charge is 2.00. The fourth-order valence-electron chi connectivity index (χ4n) is 3.34. The summed E-state index contributed by atoms with van der Waals surface area (Å²) in [5.41, 5.74) is 2.02. The van der Waals surface area contributed by atoms with Gasteiger partial charge in [0.2, 0.25) is 5.12 Å². The lowest BCUT2D eigenvalue weighted by molar-refractivity contribution is 0.109. The minimum Gasteiger partial charge on any atom is -0.282 e. The van der Waals surface area contributed by atoms with Crippen LogP contribution in [-0.2, 0) is 6.42 Å². The average molecular weight is 363 g/mol. The average Bonchev–Trinajstić information content (AvgIpc) is 2.62. The molecule has 0 aliphatic rings. The third kappa shape index (κ3) is 12.3. The summed E-state index contributed by atoms with van der Waals surface area (Å²) in [6, 6.07) is 7.89. The normalized spacial score (nSPS) is 11.0. The van der Waals surface area contributed by atoms with E-state index >= 15 is 0 Å². The highest BCUT2D eigenvalue weighted by atomic mass is 32.1. The van der Waals surface area contributed by atoms with Crippen molar-refractivity contribution in [2.45, 2.75) is 103 Å². The highest BCUT2D eigenvalue weighted by molar-refractivity contribution is 7.97. The zero-order valence-electron chi connectivity index (χ0n) is 16.3. The topological polar surface area (TPSA) is 17.1 Å². The summed E-state index contributed by atoms with van der Waals surface area (Å²) in [6.07, 6.45) is 20.7. The third-order valence-corrected chi connectivity index (χ3v) is 5.28. The molecule has 1 aromatic rings. The Morgan fingerprint density at radius 1 is 0.680 bits per heavy atom. The molecule has 0 fully saturated rings. The van der Waals surface area contributed by atoms with Crippen molar-refractivity contribution < 1.29 is 4.79 Å². The van der Waals surface area contributed by atoms with E-state index in [9.17, 15) is 4.79 Å². The first kappa shape index (κ1) is 22.3. The maximum absolute atomic E-state index is 11.1. The van der Waals surface area contributed by atoms with Crippen LogP contribution in [0.25, 0.3) is 0 Å². The Morgan fingerprint density at radius 3 is 1.48 bits per heavy atom. The van der Waals surface area contributed by atoms with Gasteiger partial charge in [0.05, 0.1) is 0 Å². The van der Waals surface area contributed by atoms with Crippen molar-refractivity contribution in [2.75, 3.05) is 0 Å². The molecule has 2 heteroatoms. The first-order chi connectivity index (χ1) is 12.2. The molecule has 0 N–H and O–H groups in total. The van der Waals surface area contributed by atoms with Gasteiger partial charge in [0.25, 0.3) is 0 Å². The van der Waals surface area contributed by atoms with Crippen molar-refractivity contribution in [3.05, 3.63) is 35.4 Å². The number of benzene rings is 1. The van der Waals surface area contributed by atoms with Gasteiger partial charge in [-0.05, 0) is 18.4 Å². The molecule has 25 heavy (non-hydrogen) atoms. The molecule has 0 saturated heterocycles. The van der Waals surface area contributed by atoms with Gasteiger partial charge in [-0.25, -0.2) is 0 Å². The molecule has 1 rings (SSSR count). The molecule has 0 unspecified atom stereocenters. The van der Waals surface area contributed by atoms with Crippen molar-refractivity contribution in [2.24, 2.45) is 0 Å². The second kappa shape index (κ2) is 15.5.